The van der Waals surface area contributed by atoms with Crippen LogP contribution in [0.4, 0.5) is 0 Å². The van der Waals surface area contributed by atoms with Crippen LogP contribution in [-0.2, 0) is 0 Å². The summed E-state index contributed by atoms with van der Waals surface area (Å²) in [5, 5.41) is 0.771. The number of hydrogen-bond acceptors (Lipinski definition) is 3. The SMILES string of the molecule is O=C(Oc1ccccc1)c1cc(-c2ccc(-c3ccccc3)cc2)nc2ccccc12. The first-order valence-corrected chi connectivity index (χ1v) is 10.1. The average Bonchev–Trinajstić information content (AvgIpc) is 2.84. The number of benzene rings is 4. The molecule has 0 aliphatic heterocycles. The first-order valence-electron chi connectivity index (χ1n) is 10.1. The van der Waals surface area contributed by atoms with Crippen LogP contribution in [0.25, 0.3) is 33.3 Å². The summed E-state index contributed by atoms with van der Waals surface area (Å²) < 4.78 is 5.61. The van der Waals surface area contributed by atoms with E-state index in [9.17, 15) is 4.79 Å². The van der Waals surface area contributed by atoms with Gasteiger partial charge in [-0.15, -0.1) is 0 Å². The van der Waals surface area contributed by atoms with Gasteiger partial charge in [-0.1, -0.05) is 91.0 Å². The third-order valence-corrected chi connectivity index (χ3v) is 5.18. The van der Waals surface area contributed by atoms with E-state index in [1.165, 1.54) is 0 Å². The fourth-order valence-electron chi connectivity index (χ4n) is 3.61. The zero-order valence-electron chi connectivity index (χ0n) is 16.7. The van der Waals surface area contributed by atoms with E-state index in [0.717, 1.165) is 33.3 Å². The van der Waals surface area contributed by atoms with Gasteiger partial charge >= 0.3 is 5.97 Å². The molecule has 5 aromatic rings. The van der Waals surface area contributed by atoms with Crippen molar-refractivity contribution in [1.29, 1.82) is 0 Å². The van der Waals surface area contributed by atoms with Crippen LogP contribution in [0.15, 0.2) is 115 Å². The molecule has 5 rings (SSSR count). The van der Waals surface area contributed by atoms with Gasteiger partial charge in [0.1, 0.15) is 5.75 Å². The van der Waals surface area contributed by atoms with E-state index in [1.807, 2.05) is 78.9 Å². The molecule has 0 saturated carbocycles. The Labute approximate surface area is 180 Å². The lowest BCUT2D eigenvalue weighted by molar-refractivity contribution is 0.0737. The van der Waals surface area contributed by atoms with E-state index >= 15 is 0 Å². The molecule has 3 nitrogen and oxygen atoms in total. The van der Waals surface area contributed by atoms with Gasteiger partial charge in [0.25, 0.3) is 0 Å². The van der Waals surface area contributed by atoms with Crippen LogP contribution in [0, 0.1) is 0 Å². The van der Waals surface area contributed by atoms with Gasteiger partial charge in [0.05, 0.1) is 16.8 Å². The monoisotopic (exact) mass is 401 g/mol. The molecule has 0 aliphatic carbocycles. The van der Waals surface area contributed by atoms with E-state index in [-0.39, 0.29) is 0 Å². The van der Waals surface area contributed by atoms with Crippen LogP contribution in [0.3, 0.4) is 0 Å². The molecule has 0 bridgehead atoms. The number of aromatic nitrogens is 1. The minimum atomic E-state index is -0.396. The second-order valence-corrected chi connectivity index (χ2v) is 7.22. The summed E-state index contributed by atoms with van der Waals surface area (Å²) in [6.07, 6.45) is 0. The highest BCUT2D eigenvalue weighted by atomic mass is 16.5. The summed E-state index contributed by atoms with van der Waals surface area (Å²) in [6.45, 7) is 0. The van der Waals surface area contributed by atoms with Gasteiger partial charge in [-0.3, -0.25) is 0 Å². The number of pyridine rings is 1. The third-order valence-electron chi connectivity index (χ3n) is 5.18. The normalized spacial score (nSPS) is 10.7. The Balaban J connectivity index is 1.55. The van der Waals surface area contributed by atoms with E-state index < -0.39 is 5.97 Å². The summed E-state index contributed by atoms with van der Waals surface area (Å²) in [5.74, 6) is 0.120. The van der Waals surface area contributed by atoms with Crippen LogP contribution in [0.2, 0.25) is 0 Å². The van der Waals surface area contributed by atoms with Crippen molar-refractivity contribution in [3.63, 3.8) is 0 Å². The molecule has 0 fully saturated rings. The molecule has 0 spiro atoms. The van der Waals surface area contributed by atoms with Crippen LogP contribution in [0.1, 0.15) is 10.4 Å². The number of hydrogen-bond donors (Lipinski definition) is 0. The van der Waals surface area contributed by atoms with Gasteiger partial charge in [0.15, 0.2) is 0 Å². The first-order chi connectivity index (χ1) is 15.3. The van der Waals surface area contributed by atoms with Gasteiger partial charge < -0.3 is 4.74 Å². The van der Waals surface area contributed by atoms with Crippen molar-refractivity contribution in [2.24, 2.45) is 0 Å². The highest BCUT2D eigenvalue weighted by Crippen LogP contribution is 2.28. The van der Waals surface area contributed by atoms with Crippen molar-refractivity contribution in [2.75, 3.05) is 0 Å². The van der Waals surface area contributed by atoms with E-state index in [0.29, 0.717) is 11.3 Å². The summed E-state index contributed by atoms with van der Waals surface area (Å²) in [4.78, 5) is 17.8. The molecule has 0 saturated heterocycles. The quantitative estimate of drug-likeness (QED) is 0.246. The van der Waals surface area contributed by atoms with Crippen molar-refractivity contribution < 1.29 is 9.53 Å². The first kappa shape index (κ1) is 18.8. The van der Waals surface area contributed by atoms with Gasteiger partial charge in [-0.05, 0) is 35.4 Å². The predicted molar refractivity (Wildman–Crippen MR) is 124 cm³/mol. The second-order valence-electron chi connectivity index (χ2n) is 7.22. The summed E-state index contributed by atoms with van der Waals surface area (Å²) in [7, 11) is 0. The number of nitrogens with zero attached hydrogens (tertiary/aromatic N) is 1. The Morgan fingerprint density at radius 3 is 1.94 bits per heavy atom. The standard InChI is InChI=1S/C28H19NO2/c30-28(31-23-11-5-2-6-12-23)25-19-27(29-26-14-8-7-13-24(25)26)22-17-15-21(16-18-22)20-9-3-1-4-10-20/h1-19H. The van der Waals surface area contributed by atoms with Crippen molar-refractivity contribution >= 4 is 16.9 Å². The van der Waals surface area contributed by atoms with Crippen LogP contribution >= 0.6 is 0 Å². The maximum absolute atomic E-state index is 13.0. The van der Waals surface area contributed by atoms with Gasteiger partial charge in [-0.25, -0.2) is 9.78 Å². The Morgan fingerprint density at radius 1 is 0.613 bits per heavy atom. The lowest BCUT2D eigenvalue weighted by atomic mass is 10.0. The fraction of sp³-hybridized carbons (Fsp3) is 0. The summed E-state index contributed by atoms with van der Waals surface area (Å²) in [5.41, 5.74) is 5.22. The number of carbonyl (C=O) groups excluding carboxylic acids is 1. The van der Waals surface area contributed by atoms with Crippen LogP contribution in [0.5, 0.6) is 5.75 Å². The Morgan fingerprint density at radius 2 is 1.19 bits per heavy atom. The third kappa shape index (κ3) is 3.94. The molecule has 0 amide bonds. The molecule has 3 heteroatoms. The maximum atomic E-state index is 13.0. The molecule has 0 unspecified atom stereocenters. The van der Waals surface area contributed by atoms with E-state index in [4.69, 9.17) is 9.72 Å². The molecule has 31 heavy (non-hydrogen) atoms. The summed E-state index contributed by atoms with van der Waals surface area (Å²) >= 11 is 0. The van der Waals surface area contributed by atoms with Crippen LogP contribution in [-0.4, -0.2) is 11.0 Å². The molecule has 0 radical (unpaired) electrons. The number of carbonyl (C=O) groups is 1. The van der Waals surface area contributed by atoms with Gasteiger partial charge in [0, 0.05) is 10.9 Å². The van der Waals surface area contributed by atoms with Crippen molar-refractivity contribution in [3.8, 4) is 28.1 Å². The molecule has 0 aliphatic rings. The minimum absolute atomic E-state index is 0.396. The molecule has 148 valence electrons. The van der Waals surface area contributed by atoms with E-state index in [2.05, 4.69) is 24.3 Å². The molecule has 1 aromatic heterocycles. The zero-order valence-corrected chi connectivity index (χ0v) is 16.7. The number of para-hydroxylation sites is 2. The van der Waals surface area contributed by atoms with Crippen LogP contribution < -0.4 is 4.74 Å². The predicted octanol–water partition coefficient (Wildman–Crippen LogP) is 6.79. The fourth-order valence-corrected chi connectivity index (χ4v) is 3.61. The summed E-state index contributed by atoms with van der Waals surface area (Å²) in [6, 6.07) is 37.0. The minimum Gasteiger partial charge on any atom is -0.423 e. The number of esters is 1. The maximum Gasteiger partial charge on any atom is 0.344 e. The smallest absolute Gasteiger partial charge is 0.344 e. The number of ether oxygens (including phenoxy) is 1. The van der Waals surface area contributed by atoms with Crippen molar-refractivity contribution in [2.45, 2.75) is 0 Å². The van der Waals surface area contributed by atoms with Gasteiger partial charge in [0.2, 0.25) is 0 Å². The highest BCUT2D eigenvalue weighted by molar-refractivity contribution is 6.05. The number of rotatable bonds is 4. The highest BCUT2D eigenvalue weighted by Gasteiger charge is 2.16. The van der Waals surface area contributed by atoms with E-state index in [1.54, 1.807) is 12.1 Å². The number of fused-ring (bicyclic) bond motifs is 1. The lowest BCUT2D eigenvalue weighted by Gasteiger charge is -2.10. The zero-order chi connectivity index (χ0) is 21.0. The van der Waals surface area contributed by atoms with Gasteiger partial charge in [-0.2, -0.15) is 0 Å². The Bertz CT molecular complexity index is 1340. The topological polar surface area (TPSA) is 39.2 Å². The molecular weight excluding hydrogens is 382 g/mol. The average molecular weight is 401 g/mol. The molecule has 1 heterocycles. The molecule has 0 atom stereocenters. The molecule has 0 N–H and O–H groups in total. The molecule has 4 aromatic carbocycles. The lowest BCUT2D eigenvalue weighted by Crippen LogP contribution is -2.10. The van der Waals surface area contributed by atoms with Crippen molar-refractivity contribution in [3.05, 3.63) is 121 Å². The Kier molecular flexibility index (Phi) is 4.99. The second kappa shape index (κ2) is 8.25. The van der Waals surface area contributed by atoms with Crippen molar-refractivity contribution in [1.82, 2.24) is 4.98 Å². The largest absolute Gasteiger partial charge is 0.423 e. The molecular formula is C28H19NO2. The Hall–Kier alpha value is -4.24.